The van der Waals surface area contributed by atoms with Crippen LogP contribution < -0.4 is 5.73 Å². The zero-order chi connectivity index (χ0) is 13.4. The normalized spacial score (nSPS) is 13.4. The highest BCUT2D eigenvalue weighted by molar-refractivity contribution is 5.79. The van der Waals surface area contributed by atoms with Crippen LogP contribution in [0.4, 0.5) is 14.7 Å². The van der Waals surface area contributed by atoms with Crippen LogP contribution in [-0.4, -0.2) is 35.1 Å². The number of hydrogen-bond donors (Lipinski definition) is 1. The van der Waals surface area contributed by atoms with Gasteiger partial charge in [0.2, 0.25) is 5.95 Å². The molecular formula is C12H16F2N4. The summed E-state index contributed by atoms with van der Waals surface area (Å²) in [4.78, 5) is 6.01. The average Bonchev–Trinajstić information content (AvgIpc) is 2.60. The molecule has 2 N–H and O–H groups in total. The van der Waals surface area contributed by atoms with Crippen molar-refractivity contribution in [2.24, 2.45) is 0 Å². The molecule has 0 spiro atoms. The minimum Gasteiger partial charge on any atom is -0.369 e. The smallest absolute Gasteiger partial charge is 0.201 e. The van der Waals surface area contributed by atoms with Crippen LogP contribution in [0.1, 0.15) is 13.0 Å². The van der Waals surface area contributed by atoms with Gasteiger partial charge in [0.25, 0.3) is 0 Å². The van der Waals surface area contributed by atoms with Gasteiger partial charge in [0.15, 0.2) is 11.6 Å². The monoisotopic (exact) mass is 254 g/mol. The van der Waals surface area contributed by atoms with E-state index in [0.717, 1.165) is 6.07 Å². The fourth-order valence-electron chi connectivity index (χ4n) is 2.20. The zero-order valence-electron chi connectivity index (χ0n) is 10.6. The van der Waals surface area contributed by atoms with E-state index in [0.29, 0.717) is 12.1 Å². The fourth-order valence-corrected chi connectivity index (χ4v) is 2.20. The maximum absolute atomic E-state index is 13.9. The topological polar surface area (TPSA) is 47.1 Å². The lowest BCUT2D eigenvalue weighted by atomic mass is 10.2. The molecule has 0 amide bonds. The molecule has 0 saturated carbocycles. The molecule has 0 radical (unpaired) electrons. The van der Waals surface area contributed by atoms with Crippen molar-refractivity contribution in [1.29, 1.82) is 0 Å². The first-order chi connectivity index (χ1) is 8.41. The Labute approximate surface area is 104 Å². The van der Waals surface area contributed by atoms with Crippen LogP contribution in [0.3, 0.4) is 0 Å². The molecular weight excluding hydrogens is 238 g/mol. The number of likely N-dealkylation sites (N-methyl/N-ethyl adjacent to an activating group) is 1. The van der Waals surface area contributed by atoms with Crippen LogP contribution in [-0.2, 0) is 0 Å². The third-order valence-corrected chi connectivity index (χ3v) is 2.84. The van der Waals surface area contributed by atoms with Gasteiger partial charge in [-0.05, 0) is 33.2 Å². The molecule has 18 heavy (non-hydrogen) atoms. The summed E-state index contributed by atoms with van der Waals surface area (Å²) >= 11 is 0. The van der Waals surface area contributed by atoms with Crippen LogP contribution >= 0.6 is 0 Å². The van der Waals surface area contributed by atoms with E-state index < -0.39 is 11.6 Å². The molecule has 0 aliphatic rings. The largest absolute Gasteiger partial charge is 0.369 e. The predicted octanol–water partition coefficient (Wildman–Crippen LogP) is 2.02. The molecule has 0 fully saturated rings. The molecule has 2 aromatic rings. The lowest BCUT2D eigenvalue weighted by Gasteiger charge is -2.20. The van der Waals surface area contributed by atoms with E-state index in [1.165, 1.54) is 10.6 Å². The van der Waals surface area contributed by atoms with Crippen LogP contribution in [0.15, 0.2) is 12.1 Å². The standard InChI is InChI=1S/C12H16F2N4/c1-7(6-17(2)3)18-11-9(16-12(18)15)5-4-8(13)10(11)14/h4-5,7H,6H2,1-3H3,(H2,15,16). The van der Waals surface area contributed by atoms with Crippen LogP contribution in [0.25, 0.3) is 11.0 Å². The maximum Gasteiger partial charge on any atom is 0.201 e. The molecule has 0 saturated heterocycles. The number of imidazole rings is 1. The number of hydrogen-bond acceptors (Lipinski definition) is 3. The number of halogens is 2. The molecule has 2 rings (SSSR count). The first-order valence-electron chi connectivity index (χ1n) is 5.68. The van der Waals surface area contributed by atoms with E-state index in [1.807, 2.05) is 25.9 Å². The van der Waals surface area contributed by atoms with Crippen molar-refractivity contribution in [3.8, 4) is 0 Å². The number of nitrogens with two attached hydrogens (primary N) is 1. The summed E-state index contributed by atoms with van der Waals surface area (Å²) in [6.45, 7) is 2.55. The molecule has 6 heteroatoms. The Morgan fingerprint density at radius 2 is 2.06 bits per heavy atom. The molecule has 0 bridgehead atoms. The number of benzene rings is 1. The number of nitrogen functional groups attached to an aromatic ring is 1. The van der Waals surface area contributed by atoms with E-state index in [9.17, 15) is 8.78 Å². The Balaban J connectivity index is 2.62. The van der Waals surface area contributed by atoms with Gasteiger partial charge in [-0.25, -0.2) is 13.8 Å². The summed E-state index contributed by atoms with van der Waals surface area (Å²) in [7, 11) is 3.81. The maximum atomic E-state index is 13.9. The van der Waals surface area contributed by atoms with Gasteiger partial charge in [-0.2, -0.15) is 0 Å². The van der Waals surface area contributed by atoms with Gasteiger partial charge >= 0.3 is 0 Å². The molecule has 1 heterocycles. The Hall–Kier alpha value is -1.69. The summed E-state index contributed by atoms with van der Waals surface area (Å²) in [6, 6.07) is 2.40. The highest BCUT2D eigenvalue weighted by Crippen LogP contribution is 2.26. The van der Waals surface area contributed by atoms with Crippen LogP contribution in [0.5, 0.6) is 0 Å². The van der Waals surface area contributed by atoms with Gasteiger partial charge in [0.1, 0.15) is 5.52 Å². The molecule has 4 nitrogen and oxygen atoms in total. The van der Waals surface area contributed by atoms with Gasteiger partial charge in [-0.3, -0.25) is 0 Å². The van der Waals surface area contributed by atoms with Crippen molar-refractivity contribution in [3.63, 3.8) is 0 Å². The van der Waals surface area contributed by atoms with Crippen molar-refractivity contribution >= 4 is 17.0 Å². The number of nitrogens with zero attached hydrogens (tertiary/aromatic N) is 3. The van der Waals surface area contributed by atoms with Crippen LogP contribution in [0, 0.1) is 11.6 Å². The quantitative estimate of drug-likeness (QED) is 0.911. The molecule has 0 aliphatic heterocycles. The van der Waals surface area contributed by atoms with Gasteiger partial charge in [0, 0.05) is 12.6 Å². The number of rotatable bonds is 3. The Kier molecular flexibility index (Phi) is 3.21. The van der Waals surface area contributed by atoms with Crippen molar-refractivity contribution in [2.75, 3.05) is 26.4 Å². The van der Waals surface area contributed by atoms with Crippen molar-refractivity contribution in [1.82, 2.24) is 14.5 Å². The number of anilines is 1. The summed E-state index contributed by atoms with van der Waals surface area (Å²) in [5, 5.41) is 0. The Morgan fingerprint density at radius 3 is 2.67 bits per heavy atom. The zero-order valence-corrected chi connectivity index (χ0v) is 10.6. The summed E-state index contributed by atoms with van der Waals surface area (Å²) in [6.07, 6.45) is 0. The van der Waals surface area contributed by atoms with Crippen molar-refractivity contribution in [3.05, 3.63) is 23.8 Å². The highest BCUT2D eigenvalue weighted by Gasteiger charge is 2.19. The Bertz CT molecular complexity index is 577. The Morgan fingerprint density at radius 1 is 1.39 bits per heavy atom. The molecule has 1 unspecified atom stereocenters. The van der Waals surface area contributed by atoms with Gasteiger partial charge in [-0.1, -0.05) is 0 Å². The van der Waals surface area contributed by atoms with E-state index in [1.54, 1.807) is 0 Å². The summed E-state index contributed by atoms with van der Waals surface area (Å²) < 4.78 is 28.7. The molecule has 0 aliphatic carbocycles. The lowest BCUT2D eigenvalue weighted by molar-refractivity contribution is 0.341. The van der Waals surface area contributed by atoms with E-state index in [4.69, 9.17) is 5.73 Å². The van der Waals surface area contributed by atoms with Gasteiger partial charge in [-0.15, -0.1) is 0 Å². The third kappa shape index (κ3) is 2.03. The summed E-state index contributed by atoms with van der Waals surface area (Å²) in [5.41, 5.74) is 6.29. The fraction of sp³-hybridized carbons (Fsp3) is 0.417. The van der Waals surface area contributed by atoms with Gasteiger partial charge < -0.3 is 15.2 Å². The SMILES string of the molecule is CC(CN(C)C)n1c(N)nc2ccc(F)c(F)c21. The molecule has 98 valence electrons. The average molecular weight is 254 g/mol. The molecule has 1 atom stereocenters. The third-order valence-electron chi connectivity index (χ3n) is 2.84. The summed E-state index contributed by atoms with van der Waals surface area (Å²) in [5.74, 6) is -1.59. The molecule has 1 aromatic carbocycles. The second-order valence-electron chi connectivity index (χ2n) is 4.68. The molecule has 1 aromatic heterocycles. The van der Waals surface area contributed by atoms with Crippen molar-refractivity contribution < 1.29 is 8.78 Å². The number of aromatic nitrogens is 2. The highest BCUT2D eigenvalue weighted by atomic mass is 19.2. The van der Waals surface area contributed by atoms with Gasteiger partial charge in [0.05, 0.1) is 5.52 Å². The predicted molar refractivity (Wildman–Crippen MR) is 67.3 cm³/mol. The lowest BCUT2D eigenvalue weighted by Crippen LogP contribution is -2.23. The first kappa shape index (κ1) is 12.8. The minimum atomic E-state index is -0.901. The number of fused-ring (bicyclic) bond motifs is 1. The van der Waals surface area contributed by atoms with E-state index in [2.05, 4.69) is 4.98 Å². The van der Waals surface area contributed by atoms with Crippen LogP contribution in [0.2, 0.25) is 0 Å². The second-order valence-corrected chi connectivity index (χ2v) is 4.68. The van der Waals surface area contributed by atoms with E-state index >= 15 is 0 Å². The first-order valence-corrected chi connectivity index (χ1v) is 5.68. The van der Waals surface area contributed by atoms with Crippen molar-refractivity contribution in [2.45, 2.75) is 13.0 Å². The second kappa shape index (κ2) is 4.53. The van der Waals surface area contributed by atoms with E-state index in [-0.39, 0.29) is 17.5 Å². The minimum absolute atomic E-state index is 0.0960.